The number of carbonyl (C=O) groups excluding carboxylic acids is 1. The summed E-state index contributed by atoms with van der Waals surface area (Å²) in [5, 5.41) is 0. The first-order valence-corrected chi connectivity index (χ1v) is 6.15. The third kappa shape index (κ3) is 2.76. The molecule has 0 amide bonds. The van der Waals surface area contributed by atoms with Crippen molar-refractivity contribution in [2.75, 3.05) is 7.11 Å². The Hall–Kier alpha value is -0.470. The number of carbonyl (C=O) groups is 1. The smallest absolute Gasteiger partial charge is 0.338 e. The average molecular weight is 340 g/mol. The minimum Gasteiger partial charge on any atom is -0.465 e. The fourth-order valence-corrected chi connectivity index (χ4v) is 2.12. The molecular formula is C9H9IO4S. The van der Waals surface area contributed by atoms with Crippen LogP contribution in [-0.2, 0) is 15.8 Å². The molecular weight excluding hydrogens is 331 g/mol. The van der Waals surface area contributed by atoms with Gasteiger partial charge in [0.2, 0.25) is 0 Å². The van der Waals surface area contributed by atoms with Gasteiger partial charge in [-0.15, -0.1) is 0 Å². The van der Waals surface area contributed by atoms with Gasteiger partial charge in [-0.25, -0.2) is 9.00 Å². The SMILES string of the molecule is COC(=O)c1cc(S(=O)O)cc(C)c1I. The third-order valence-electron chi connectivity index (χ3n) is 1.83. The van der Waals surface area contributed by atoms with Crippen molar-refractivity contribution in [2.24, 2.45) is 0 Å². The van der Waals surface area contributed by atoms with Crippen molar-refractivity contribution in [3.8, 4) is 0 Å². The molecule has 0 bridgehead atoms. The summed E-state index contributed by atoms with van der Waals surface area (Å²) in [4.78, 5) is 11.6. The molecule has 1 unspecified atom stereocenters. The minimum atomic E-state index is -2.09. The van der Waals surface area contributed by atoms with Crippen LogP contribution in [-0.4, -0.2) is 21.8 Å². The molecule has 1 atom stereocenters. The van der Waals surface area contributed by atoms with E-state index >= 15 is 0 Å². The Labute approximate surface area is 103 Å². The Morgan fingerprint density at radius 3 is 2.60 bits per heavy atom. The maximum Gasteiger partial charge on any atom is 0.338 e. The molecule has 0 aliphatic carbocycles. The van der Waals surface area contributed by atoms with Gasteiger partial charge in [-0.3, -0.25) is 0 Å². The number of methoxy groups -OCH3 is 1. The molecule has 0 saturated carbocycles. The molecule has 0 aliphatic heterocycles. The first kappa shape index (κ1) is 12.6. The van der Waals surface area contributed by atoms with Crippen molar-refractivity contribution in [2.45, 2.75) is 11.8 Å². The largest absolute Gasteiger partial charge is 0.465 e. The normalized spacial score (nSPS) is 12.3. The van der Waals surface area contributed by atoms with E-state index in [0.29, 0.717) is 5.56 Å². The molecule has 1 rings (SSSR count). The quantitative estimate of drug-likeness (QED) is 0.508. The van der Waals surface area contributed by atoms with E-state index < -0.39 is 17.0 Å². The number of aryl methyl sites for hydroxylation is 1. The van der Waals surface area contributed by atoms with Gasteiger partial charge in [-0.05, 0) is 47.2 Å². The van der Waals surface area contributed by atoms with Crippen LogP contribution in [0.15, 0.2) is 17.0 Å². The topological polar surface area (TPSA) is 63.6 Å². The maximum absolute atomic E-state index is 11.4. The lowest BCUT2D eigenvalue weighted by atomic mass is 10.1. The molecule has 82 valence electrons. The fourth-order valence-electron chi connectivity index (χ4n) is 1.10. The Morgan fingerprint density at radius 1 is 1.53 bits per heavy atom. The van der Waals surface area contributed by atoms with Gasteiger partial charge in [0.25, 0.3) is 0 Å². The summed E-state index contributed by atoms with van der Waals surface area (Å²) in [6.45, 7) is 1.77. The molecule has 1 aromatic rings. The van der Waals surface area contributed by atoms with Gasteiger partial charge in [-0.2, -0.15) is 0 Å². The van der Waals surface area contributed by atoms with E-state index in [-0.39, 0.29) is 4.90 Å². The predicted molar refractivity (Wildman–Crippen MR) is 64.3 cm³/mol. The van der Waals surface area contributed by atoms with E-state index in [4.69, 9.17) is 4.55 Å². The van der Waals surface area contributed by atoms with Crippen molar-refractivity contribution >= 4 is 39.6 Å². The van der Waals surface area contributed by atoms with Crippen LogP contribution in [0.3, 0.4) is 0 Å². The Kier molecular flexibility index (Phi) is 4.23. The van der Waals surface area contributed by atoms with Crippen LogP contribution in [0.2, 0.25) is 0 Å². The summed E-state index contributed by atoms with van der Waals surface area (Å²) in [5.41, 5.74) is 1.09. The number of halogens is 1. The monoisotopic (exact) mass is 340 g/mol. The first-order valence-electron chi connectivity index (χ1n) is 3.96. The van der Waals surface area contributed by atoms with Gasteiger partial charge >= 0.3 is 5.97 Å². The van der Waals surface area contributed by atoms with Crippen molar-refractivity contribution in [3.05, 3.63) is 26.8 Å². The Morgan fingerprint density at radius 2 is 2.13 bits per heavy atom. The summed E-state index contributed by atoms with van der Waals surface area (Å²) in [7, 11) is 1.27. The van der Waals surface area contributed by atoms with Crippen molar-refractivity contribution < 1.29 is 18.3 Å². The summed E-state index contributed by atoms with van der Waals surface area (Å²) in [5.74, 6) is -0.505. The number of benzene rings is 1. The van der Waals surface area contributed by atoms with Crippen LogP contribution in [0.25, 0.3) is 0 Å². The highest BCUT2D eigenvalue weighted by Gasteiger charge is 2.15. The van der Waals surface area contributed by atoms with Crippen LogP contribution >= 0.6 is 22.6 Å². The van der Waals surface area contributed by atoms with Crippen LogP contribution in [0, 0.1) is 10.5 Å². The molecule has 0 spiro atoms. The van der Waals surface area contributed by atoms with E-state index in [1.165, 1.54) is 13.2 Å². The molecule has 0 heterocycles. The molecule has 1 aromatic carbocycles. The summed E-state index contributed by atoms with van der Waals surface area (Å²) < 4.78 is 25.1. The van der Waals surface area contributed by atoms with Crippen molar-refractivity contribution in [1.82, 2.24) is 0 Å². The standard InChI is InChI=1S/C9H9IO4S/c1-5-3-6(15(12)13)4-7(8(5)10)9(11)14-2/h3-4H,1-2H3,(H,12,13). The van der Waals surface area contributed by atoms with E-state index in [2.05, 4.69) is 4.74 Å². The summed E-state index contributed by atoms with van der Waals surface area (Å²) in [6.07, 6.45) is 0. The zero-order chi connectivity index (χ0) is 11.6. The van der Waals surface area contributed by atoms with Gasteiger partial charge in [0.05, 0.1) is 17.6 Å². The van der Waals surface area contributed by atoms with Gasteiger partial charge in [0, 0.05) is 3.57 Å². The Bertz CT molecular complexity index is 430. The second kappa shape index (κ2) is 5.04. The molecule has 0 saturated heterocycles. The molecule has 15 heavy (non-hydrogen) atoms. The van der Waals surface area contributed by atoms with Gasteiger partial charge < -0.3 is 9.29 Å². The minimum absolute atomic E-state index is 0.202. The predicted octanol–water partition coefficient (Wildman–Crippen LogP) is 1.97. The highest BCUT2D eigenvalue weighted by molar-refractivity contribution is 14.1. The van der Waals surface area contributed by atoms with Crippen LogP contribution < -0.4 is 0 Å². The highest BCUT2D eigenvalue weighted by atomic mass is 127. The lowest BCUT2D eigenvalue weighted by molar-refractivity contribution is 0.0599. The molecule has 0 aliphatic rings. The molecule has 1 N–H and O–H groups in total. The molecule has 0 radical (unpaired) electrons. The summed E-state index contributed by atoms with van der Waals surface area (Å²) in [6, 6.07) is 2.95. The summed E-state index contributed by atoms with van der Waals surface area (Å²) >= 11 is -0.0853. The van der Waals surface area contributed by atoms with Gasteiger partial charge in [-0.1, -0.05) is 0 Å². The number of esters is 1. The van der Waals surface area contributed by atoms with E-state index in [1.807, 2.05) is 22.6 Å². The first-order chi connectivity index (χ1) is 6.97. The molecule has 0 fully saturated rings. The van der Waals surface area contributed by atoms with Gasteiger partial charge in [0.15, 0.2) is 11.1 Å². The zero-order valence-electron chi connectivity index (χ0n) is 8.11. The van der Waals surface area contributed by atoms with Gasteiger partial charge in [0.1, 0.15) is 0 Å². The second-order valence-electron chi connectivity index (χ2n) is 2.84. The van der Waals surface area contributed by atoms with E-state index in [9.17, 15) is 9.00 Å². The zero-order valence-corrected chi connectivity index (χ0v) is 11.1. The Balaban J connectivity index is 3.37. The van der Waals surface area contributed by atoms with Crippen LogP contribution in [0.4, 0.5) is 0 Å². The van der Waals surface area contributed by atoms with Crippen molar-refractivity contribution in [1.29, 1.82) is 0 Å². The van der Waals surface area contributed by atoms with E-state index in [1.54, 1.807) is 13.0 Å². The molecule has 0 aromatic heterocycles. The molecule has 6 heteroatoms. The highest BCUT2D eigenvalue weighted by Crippen LogP contribution is 2.21. The van der Waals surface area contributed by atoms with Crippen LogP contribution in [0.1, 0.15) is 15.9 Å². The number of ether oxygens (including phenoxy) is 1. The fraction of sp³-hybridized carbons (Fsp3) is 0.222. The average Bonchev–Trinajstić information content (AvgIpc) is 2.20. The van der Waals surface area contributed by atoms with Crippen molar-refractivity contribution in [3.63, 3.8) is 0 Å². The van der Waals surface area contributed by atoms with Crippen LogP contribution in [0.5, 0.6) is 0 Å². The second-order valence-corrected chi connectivity index (χ2v) is 4.89. The number of hydrogen-bond acceptors (Lipinski definition) is 3. The maximum atomic E-state index is 11.4. The number of hydrogen-bond donors (Lipinski definition) is 1. The lowest BCUT2D eigenvalue weighted by Gasteiger charge is -2.07. The molecule has 4 nitrogen and oxygen atoms in total. The van der Waals surface area contributed by atoms with E-state index in [0.717, 1.165) is 9.13 Å². The number of rotatable bonds is 2. The third-order valence-corrected chi connectivity index (χ3v) is 3.91. The lowest BCUT2D eigenvalue weighted by Crippen LogP contribution is -2.06.